The average molecular weight is 397 g/mol. The van der Waals surface area contributed by atoms with Gasteiger partial charge in [-0.05, 0) is 44.5 Å². The number of nitrogens with zero attached hydrogens (tertiary/aromatic N) is 5. The van der Waals surface area contributed by atoms with E-state index < -0.39 is 0 Å². The van der Waals surface area contributed by atoms with Crippen molar-refractivity contribution in [3.05, 3.63) is 60.0 Å². The van der Waals surface area contributed by atoms with E-state index in [-0.39, 0.29) is 12.1 Å². The van der Waals surface area contributed by atoms with Crippen LogP contribution < -0.4 is 10.6 Å². The third-order valence-electron chi connectivity index (χ3n) is 4.39. The molecule has 0 spiro atoms. The largest absolute Gasteiger partial charge is 0.371 e. The van der Waals surface area contributed by atoms with Gasteiger partial charge in [-0.1, -0.05) is 17.3 Å². The van der Waals surface area contributed by atoms with Crippen molar-refractivity contribution in [2.24, 2.45) is 4.99 Å². The van der Waals surface area contributed by atoms with Crippen molar-refractivity contribution in [2.75, 3.05) is 13.7 Å². The maximum atomic E-state index is 5.48. The summed E-state index contributed by atoms with van der Waals surface area (Å²) in [6.07, 6.45) is 3.48. The Labute approximate surface area is 170 Å². The van der Waals surface area contributed by atoms with Crippen LogP contribution in [0.4, 0.5) is 0 Å². The molecule has 0 radical (unpaired) electrons. The van der Waals surface area contributed by atoms with E-state index in [1.807, 2.05) is 42.9 Å². The van der Waals surface area contributed by atoms with Crippen molar-refractivity contribution in [3.63, 3.8) is 0 Å². The van der Waals surface area contributed by atoms with Gasteiger partial charge in [0.25, 0.3) is 0 Å². The van der Waals surface area contributed by atoms with Crippen molar-refractivity contribution in [2.45, 2.75) is 39.5 Å². The average Bonchev–Trinajstić information content (AvgIpc) is 3.43. The van der Waals surface area contributed by atoms with Crippen LogP contribution in [0.3, 0.4) is 0 Å². The highest BCUT2D eigenvalue weighted by Crippen LogP contribution is 2.16. The minimum Gasteiger partial charge on any atom is -0.371 e. The van der Waals surface area contributed by atoms with Gasteiger partial charge >= 0.3 is 0 Å². The van der Waals surface area contributed by atoms with E-state index in [4.69, 9.17) is 9.26 Å². The molecule has 0 aliphatic carbocycles. The molecule has 2 aromatic heterocycles. The van der Waals surface area contributed by atoms with Gasteiger partial charge in [-0.2, -0.15) is 10.1 Å². The van der Waals surface area contributed by atoms with Crippen molar-refractivity contribution in [1.29, 1.82) is 0 Å². The van der Waals surface area contributed by atoms with Gasteiger partial charge in [0.05, 0.1) is 18.3 Å². The highest BCUT2D eigenvalue weighted by molar-refractivity contribution is 5.80. The summed E-state index contributed by atoms with van der Waals surface area (Å²) in [6, 6.07) is 10.1. The molecule has 0 saturated heterocycles. The van der Waals surface area contributed by atoms with Crippen molar-refractivity contribution >= 4 is 5.96 Å². The van der Waals surface area contributed by atoms with Crippen molar-refractivity contribution in [1.82, 2.24) is 30.6 Å². The minimum absolute atomic E-state index is 0.0351. The lowest BCUT2D eigenvalue weighted by atomic mass is 10.1. The van der Waals surface area contributed by atoms with E-state index in [1.165, 1.54) is 0 Å². The number of hydrogen-bond donors (Lipinski definition) is 2. The van der Waals surface area contributed by atoms with Crippen LogP contribution in [0.5, 0.6) is 0 Å². The zero-order valence-corrected chi connectivity index (χ0v) is 17.2. The minimum atomic E-state index is -0.197. The molecule has 9 heteroatoms. The maximum absolute atomic E-state index is 5.48. The first-order valence-electron chi connectivity index (χ1n) is 9.62. The van der Waals surface area contributed by atoms with E-state index >= 15 is 0 Å². The Morgan fingerprint density at radius 1 is 1.31 bits per heavy atom. The molecule has 9 nitrogen and oxygen atoms in total. The molecule has 2 heterocycles. The Morgan fingerprint density at radius 3 is 2.90 bits per heavy atom. The van der Waals surface area contributed by atoms with Crippen molar-refractivity contribution in [3.8, 4) is 5.69 Å². The van der Waals surface area contributed by atoms with E-state index in [0.717, 1.165) is 11.3 Å². The van der Waals surface area contributed by atoms with Crippen LogP contribution >= 0.6 is 0 Å². The molecule has 154 valence electrons. The Kier molecular flexibility index (Phi) is 6.96. The summed E-state index contributed by atoms with van der Waals surface area (Å²) in [5.41, 5.74) is 2.12. The van der Waals surface area contributed by atoms with E-state index in [0.29, 0.717) is 30.8 Å². The van der Waals surface area contributed by atoms with Crippen LogP contribution in [-0.2, 0) is 11.3 Å². The molecular weight excluding hydrogens is 370 g/mol. The normalized spacial score (nSPS) is 13.9. The zero-order chi connectivity index (χ0) is 20.6. The summed E-state index contributed by atoms with van der Waals surface area (Å²) in [5, 5.41) is 14.8. The molecule has 0 aliphatic rings. The Balaban J connectivity index is 1.58. The van der Waals surface area contributed by atoms with Gasteiger partial charge in [0.2, 0.25) is 5.89 Å². The fraction of sp³-hybridized carbons (Fsp3) is 0.400. The predicted octanol–water partition coefficient (Wildman–Crippen LogP) is 2.78. The standard InChI is InChI=1S/C20H27N7O2/c1-5-28-15(3)19-25-18(29-26-19)13-22-20(21-4)24-14(2)16-8-6-9-17(12-16)27-11-7-10-23-27/h6-12,14-15H,5,13H2,1-4H3,(H2,21,22,24). The second-order valence-electron chi connectivity index (χ2n) is 6.48. The first-order chi connectivity index (χ1) is 14.1. The lowest BCUT2D eigenvalue weighted by Gasteiger charge is -2.18. The summed E-state index contributed by atoms with van der Waals surface area (Å²) in [7, 11) is 1.72. The maximum Gasteiger partial charge on any atom is 0.246 e. The molecule has 0 amide bonds. The van der Waals surface area contributed by atoms with E-state index in [9.17, 15) is 0 Å². The van der Waals surface area contributed by atoms with Gasteiger partial charge in [-0.15, -0.1) is 0 Å². The summed E-state index contributed by atoms with van der Waals surface area (Å²) in [5.74, 6) is 1.65. The first-order valence-corrected chi connectivity index (χ1v) is 9.62. The van der Waals surface area contributed by atoms with Gasteiger partial charge in [0.1, 0.15) is 6.10 Å². The van der Waals surface area contributed by atoms with Gasteiger partial charge < -0.3 is 19.9 Å². The molecule has 3 rings (SSSR count). The monoisotopic (exact) mass is 397 g/mol. The van der Waals surface area contributed by atoms with Crippen LogP contribution in [0, 0.1) is 0 Å². The second kappa shape index (κ2) is 9.83. The van der Waals surface area contributed by atoms with Crippen molar-refractivity contribution < 1.29 is 9.26 Å². The SMILES string of the molecule is CCOC(C)c1noc(CNC(=NC)NC(C)c2cccc(-n3cccn3)c2)n1. The molecule has 2 N–H and O–H groups in total. The number of aromatic nitrogens is 4. The number of hydrogen-bond acceptors (Lipinski definition) is 6. The highest BCUT2D eigenvalue weighted by Gasteiger charge is 2.14. The smallest absolute Gasteiger partial charge is 0.246 e. The second-order valence-corrected chi connectivity index (χ2v) is 6.48. The number of aliphatic imine (C=N–C) groups is 1. The van der Waals surface area contributed by atoms with Crippen LogP contribution in [-0.4, -0.2) is 39.5 Å². The van der Waals surface area contributed by atoms with E-state index in [1.54, 1.807) is 13.2 Å². The molecule has 1 aromatic carbocycles. The lowest BCUT2D eigenvalue weighted by molar-refractivity contribution is 0.0683. The summed E-state index contributed by atoms with van der Waals surface area (Å²) >= 11 is 0. The summed E-state index contributed by atoms with van der Waals surface area (Å²) < 4.78 is 12.6. The lowest BCUT2D eigenvalue weighted by Crippen LogP contribution is -2.38. The molecular formula is C20H27N7O2. The molecule has 0 bridgehead atoms. The quantitative estimate of drug-likeness (QED) is 0.445. The third-order valence-corrected chi connectivity index (χ3v) is 4.39. The molecule has 29 heavy (non-hydrogen) atoms. The fourth-order valence-corrected chi connectivity index (χ4v) is 2.83. The number of guanidine groups is 1. The van der Waals surface area contributed by atoms with Crippen LogP contribution in [0.15, 0.2) is 52.2 Å². The predicted molar refractivity (Wildman–Crippen MR) is 110 cm³/mol. The topological polar surface area (TPSA) is 102 Å². The Morgan fingerprint density at radius 2 is 2.17 bits per heavy atom. The highest BCUT2D eigenvalue weighted by atomic mass is 16.5. The Hall–Kier alpha value is -3.20. The molecule has 0 aliphatic heterocycles. The van der Waals surface area contributed by atoms with Gasteiger partial charge in [-0.3, -0.25) is 4.99 Å². The molecule has 3 aromatic rings. The number of rotatable bonds is 8. The first kappa shape index (κ1) is 20.5. The molecule has 0 saturated carbocycles. The number of benzene rings is 1. The number of ether oxygens (including phenoxy) is 1. The van der Waals surface area contributed by atoms with Crippen LogP contribution in [0.2, 0.25) is 0 Å². The van der Waals surface area contributed by atoms with Gasteiger partial charge in [-0.25, -0.2) is 4.68 Å². The van der Waals surface area contributed by atoms with E-state index in [2.05, 4.69) is 49.9 Å². The fourth-order valence-electron chi connectivity index (χ4n) is 2.83. The number of nitrogens with one attached hydrogen (secondary N) is 2. The molecule has 0 fully saturated rings. The zero-order valence-electron chi connectivity index (χ0n) is 17.2. The van der Waals surface area contributed by atoms with Crippen LogP contribution in [0.25, 0.3) is 5.69 Å². The van der Waals surface area contributed by atoms with Gasteiger partial charge in [0.15, 0.2) is 11.8 Å². The molecule has 2 atom stereocenters. The third kappa shape index (κ3) is 5.41. The summed E-state index contributed by atoms with van der Waals surface area (Å²) in [4.78, 5) is 8.63. The molecule has 2 unspecified atom stereocenters. The van der Waals surface area contributed by atoms with Crippen LogP contribution in [0.1, 0.15) is 50.2 Å². The Bertz CT molecular complexity index is 921. The summed E-state index contributed by atoms with van der Waals surface area (Å²) in [6.45, 7) is 6.86. The van der Waals surface area contributed by atoms with Gasteiger partial charge in [0, 0.05) is 26.0 Å².